The summed E-state index contributed by atoms with van der Waals surface area (Å²) in [4.78, 5) is 14.1. The summed E-state index contributed by atoms with van der Waals surface area (Å²) >= 11 is 0. The van der Waals surface area contributed by atoms with Gasteiger partial charge in [0.15, 0.2) is 9.84 Å². The largest absolute Gasteiger partial charge is 0.399 e. The lowest BCUT2D eigenvalue weighted by Gasteiger charge is -2.16. The zero-order valence-corrected chi connectivity index (χ0v) is 11.9. The minimum atomic E-state index is -3.37. The molecule has 1 aliphatic rings. The molecular weight excluding hydrogens is 264 g/mol. The van der Waals surface area contributed by atoms with Crippen molar-refractivity contribution < 1.29 is 13.2 Å². The minimum Gasteiger partial charge on any atom is -0.399 e. The van der Waals surface area contributed by atoms with E-state index in [1.54, 1.807) is 4.90 Å². The average Bonchev–Trinajstić information content (AvgIpc) is 2.73. The van der Waals surface area contributed by atoms with Gasteiger partial charge >= 0.3 is 0 Å². The van der Waals surface area contributed by atoms with Crippen LogP contribution in [0.3, 0.4) is 0 Å². The molecule has 0 saturated carbocycles. The fourth-order valence-corrected chi connectivity index (χ4v) is 2.95. The summed E-state index contributed by atoms with van der Waals surface area (Å²) in [5, 5.41) is 0. The van der Waals surface area contributed by atoms with Crippen LogP contribution in [-0.4, -0.2) is 38.6 Å². The lowest BCUT2D eigenvalue weighted by atomic mass is 10.1. The van der Waals surface area contributed by atoms with E-state index in [0.29, 0.717) is 30.3 Å². The summed E-state index contributed by atoms with van der Waals surface area (Å²) in [6.45, 7) is 3.51. The molecule has 1 aromatic carbocycles. The maximum absolute atomic E-state index is 12.3. The lowest BCUT2D eigenvalue weighted by molar-refractivity contribution is 0.0788. The van der Waals surface area contributed by atoms with Crippen LogP contribution in [0.5, 0.6) is 0 Å². The van der Waals surface area contributed by atoms with E-state index in [0.717, 1.165) is 12.7 Å². The van der Waals surface area contributed by atoms with Crippen molar-refractivity contribution in [3.05, 3.63) is 23.8 Å². The van der Waals surface area contributed by atoms with E-state index in [1.165, 1.54) is 18.2 Å². The number of carbonyl (C=O) groups excluding carboxylic acids is 1. The van der Waals surface area contributed by atoms with Gasteiger partial charge in [0.2, 0.25) is 0 Å². The third-order valence-electron chi connectivity index (χ3n) is 3.32. The Balaban J connectivity index is 2.35. The first-order valence-corrected chi connectivity index (χ1v) is 8.06. The Kier molecular flexibility index (Phi) is 3.54. The molecule has 5 nitrogen and oxygen atoms in total. The van der Waals surface area contributed by atoms with Gasteiger partial charge in [0.1, 0.15) is 0 Å². The van der Waals surface area contributed by atoms with E-state index >= 15 is 0 Å². The molecule has 6 heteroatoms. The standard InChI is InChI=1S/C13H18N2O3S/c1-9-3-4-15(8-9)13(16)10-5-11(14)7-12(6-10)19(2,17)18/h5-7,9H,3-4,8,14H2,1-2H3. The molecule has 104 valence electrons. The zero-order chi connectivity index (χ0) is 14.2. The number of amides is 1. The molecule has 1 unspecified atom stereocenters. The zero-order valence-electron chi connectivity index (χ0n) is 11.1. The van der Waals surface area contributed by atoms with Gasteiger partial charge in [0.25, 0.3) is 5.91 Å². The highest BCUT2D eigenvalue weighted by atomic mass is 32.2. The van der Waals surface area contributed by atoms with Crippen molar-refractivity contribution in [3.63, 3.8) is 0 Å². The number of hydrogen-bond acceptors (Lipinski definition) is 4. The molecule has 19 heavy (non-hydrogen) atoms. The minimum absolute atomic E-state index is 0.0862. The molecule has 1 fully saturated rings. The van der Waals surface area contributed by atoms with Crippen LogP contribution in [0.2, 0.25) is 0 Å². The Morgan fingerprint density at radius 3 is 2.58 bits per heavy atom. The number of benzene rings is 1. The molecule has 0 aliphatic carbocycles. The van der Waals surface area contributed by atoms with Crippen molar-refractivity contribution in [1.29, 1.82) is 0 Å². The molecule has 1 saturated heterocycles. The SMILES string of the molecule is CC1CCN(C(=O)c2cc(N)cc(S(C)(=O)=O)c2)C1. The molecule has 1 atom stereocenters. The average molecular weight is 282 g/mol. The van der Waals surface area contributed by atoms with E-state index in [1.807, 2.05) is 0 Å². The first kappa shape index (κ1) is 13.9. The summed E-state index contributed by atoms with van der Waals surface area (Å²) < 4.78 is 23.1. The molecule has 1 amide bonds. The second-order valence-electron chi connectivity index (χ2n) is 5.21. The highest BCUT2D eigenvalue weighted by Gasteiger charge is 2.25. The van der Waals surface area contributed by atoms with Gasteiger partial charge in [-0.1, -0.05) is 6.92 Å². The molecule has 0 bridgehead atoms. The molecule has 2 rings (SSSR count). The van der Waals surface area contributed by atoms with Crippen LogP contribution in [0.25, 0.3) is 0 Å². The van der Waals surface area contributed by atoms with Gasteiger partial charge in [-0.2, -0.15) is 0 Å². The maximum atomic E-state index is 12.3. The Morgan fingerprint density at radius 1 is 1.37 bits per heavy atom. The summed E-state index contributed by atoms with van der Waals surface area (Å²) in [6, 6.07) is 4.30. The van der Waals surface area contributed by atoms with E-state index in [4.69, 9.17) is 5.73 Å². The number of nitrogens with zero attached hydrogens (tertiary/aromatic N) is 1. The van der Waals surface area contributed by atoms with Crippen molar-refractivity contribution in [2.24, 2.45) is 5.92 Å². The Labute approximate surface area is 113 Å². The van der Waals surface area contributed by atoms with Crippen LogP contribution >= 0.6 is 0 Å². The van der Waals surface area contributed by atoms with Crippen molar-refractivity contribution in [2.45, 2.75) is 18.2 Å². The number of rotatable bonds is 2. The van der Waals surface area contributed by atoms with Gasteiger partial charge < -0.3 is 10.6 Å². The number of sulfone groups is 1. The smallest absolute Gasteiger partial charge is 0.253 e. The van der Waals surface area contributed by atoms with Gasteiger partial charge in [-0.25, -0.2) is 8.42 Å². The van der Waals surface area contributed by atoms with Gasteiger partial charge in [0.05, 0.1) is 4.90 Å². The summed E-state index contributed by atoms with van der Waals surface area (Å²) in [7, 11) is -3.37. The van der Waals surface area contributed by atoms with E-state index in [2.05, 4.69) is 6.92 Å². The fraction of sp³-hybridized carbons (Fsp3) is 0.462. The van der Waals surface area contributed by atoms with Crippen molar-refractivity contribution in [1.82, 2.24) is 4.90 Å². The predicted octanol–water partition coefficient (Wildman–Crippen LogP) is 1.15. The summed E-state index contributed by atoms with van der Waals surface area (Å²) in [5.74, 6) is 0.334. The van der Waals surface area contributed by atoms with Crippen LogP contribution in [0.15, 0.2) is 23.1 Å². The van der Waals surface area contributed by atoms with Gasteiger partial charge in [-0.05, 0) is 30.5 Å². The first-order chi connectivity index (χ1) is 8.77. The van der Waals surface area contributed by atoms with Gasteiger partial charge in [0, 0.05) is 30.6 Å². The number of anilines is 1. The highest BCUT2D eigenvalue weighted by molar-refractivity contribution is 7.90. The summed E-state index contributed by atoms with van der Waals surface area (Å²) in [6.07, 6.45) is 2.08. The Morgan fingerprint density at radius 2 is 2.05 bits per heavy atom. The quantitative estimate of drug-likeness (QED) is 0.825. The van der Waals surface area contributed by atoms with E-state index in [-0.39, 0.29) is 10.8 Å². The van der Waals surface area contributed by atoms with Crippen LogP contribution < -0.4 is 5.73 Å². The fourth-order valence-electron chi connectivity index (χ4n) is 2.26. The number of hydrogen-bond donors (Lipinski definition) is 1. The van der Waals surface area contributed by atoms with Crippen molar-refractivity contribution >= 4 is 21.4 Å². The van der Waals surface area contributed by atoms with Crippen molar-refractivity contribution in [3.8, 4) is 0 Å². The molecule has 1 heterocycles. The molecule has 1 aliphatic heterocycles. The van der Waals surface area contributed by atoms with Crippen molar-refractivity contribution in [2.75, 3.05) is 25.1 Å². The van der Waals surface area contributed by atoms with Crippen LogP contribution in [0, 0.1) is 5.92 Å². The molecule has 1 aromatic rings. The maximum Gasteiger partial charge on any atom is 0.253 e. The Hall–Kier alpha value is -1.56. The second-order valence-corrected chi connectivity index (χ2v) is 7.22. The second kappa shape index (κ2) is 4.85. The van der Waals surface area contributed by atoms with Crippen LogP contribution in [0.4, 0.5) is 5.69 Å². The molecule has 2 N–H and O–H groups in total. The first-order valence-electron chi connectivity index (χ1n) is 6.17. The third-order valence-corrected chi connectivity index (χ3v) is 4.41. The van der Waals surface area contributed by atoms with Gasteiger partial charge in [-0.3, -0.25) is 4.79 Å². The topological polar surface area (TPSA) is 80.5 Å². The molecular formula is C13H18N2O3S. The van der Waals surface area contributed by atoms with Gasteiger partial charge in [-0.15, -0.1) is 0 Å². The predicted molar refractivity (Wildman–Crippen MR) is 73.6 cm³/mol. The summed E-state index contributed by atoms with van der Waals surface area (Å²) in [5.41, 5.74) is 6.32. The Bertz CT molecular complexity index is 610. The van der Waals surface area contributed by atoms with E-state index in [9.17, 15) is 13.2 Å². The monoisotopic (exact) mass is 282 g/mol. The molecule has 0 aromatic heterocycles. The number of nitrogen functional groups attached to an aromatic ring is 1. The molecule has 0 spiro atoms. The number of nitrogens with two attached hydrogens (primary N) is 1. The highest BCUT2D eigenvalue weighted by Crippen LogP contribution is 2.21. The van der Waals surface area contributed by atoms with Crippen LogP contribution in [0.1, 0.15) is 23.7 Å². The third kappa shape index (κ3) is 3.07. The van der Waals surface area contributed by atoms with Crippen LogP contribution in [-0.2, 0) is 9.84 Å². The molecule has 0 radical (unpaired) electrons. The lowest BCUT2D eigenvalue weighted by Crippen LogP contribution is -2.28. The number of carbonyl (C=O) groups is 1. The van der Waals surface area contributed by atoms with E-state index < -0.39 is 9.84 Å². The number of likely N-dealkylation sites (tertiary alicyclic amines) is 1. The normalized spacial score (nSPS) is 19.7.